The molecular weight excluding hydrogens is 354 g/mol. The molecule has 0 aliphatic carbocycles. The van der Waals surface area contributed by atoms with Crippen LogP contribution in [0.4, 0.5) is 21.9 Å². The molecule has 0 fully saturated rings. The second-order valence-electron chi connectivity index (χ2n) is 6.71. The van der Waals surface area contributed by atoms with E-state index in [0.717, 1.165) is 11.1 Å². The Morgan fingerprint density at radius 1 is 0.821 bits per heavy atom. The van der Waals surface area contributed by atoms with Gasteiger partial charge in [-0.05, 0) is 61.9 Å². The topological polar surface area (TPSA) is 79.5 Å². The summed E-state index contributed by atoms with van der Waals surface area (Å²) >= 11 is 0. The summed E-state index contributed by atoms with van der Waals surface area (Å²) in [5, 5.41) is 8.35. The maximum Gasteiger partial charge on any atom is 0.323 e. The van der Waals surface area contributed by atoms with Crippen molar-refractivity contribution >= 4 is 29.0 Å². The molecule has 3 N–H and O–H groups in total. The van der Waals surface area contributed by atoms with Gasteiger partial charge in [-0.2, -0.15) is 0 Å². The van der Waals surface area contributed by atoms with Crippen molar-refractivity contribution in [1.82, 2.24) is 0 Å². The lowest BCUT2D eigenvalue weighted by molar-refractivity contribution is 0.102. The van der Waals surface area contributed by atoms with Crippen molar-refractivity contribution in [2.75, 3.05) is 16.0 Å². The summed E-state index contributed by atoms with van der Waals surface area (Å²) in [6.45, 7) is 3.92. The van der Waals surface area contributed by atoms with Crippen molar-refractivity contribution in [2.24, 2.45) is 0 Å². The van der Waals surface area contributed by atoms with Crippen LogP contribution in [0.3, 0.4) is 0 Å². The highest BCUT2D eigenvalue weighted by Crippen LogP contribution is 2.37. The summed E-state index contributed by atoms with van der Waals surface area (Å²) in [5.74, 6) is 0.724. The minimum atomic E-state index is -0.391. The molecule has 28 heavy (non-hydrogen) atoms. The molecular formula is C22H19N3O3. The zero-order valence-electron chi connectivity index (χ0n) is 15.5. The van der Waals surface area contributed by atoms with Crippen LogP contribution in [0.25, 0.3) is 0 Å². The number of carbonyl (C=O) groups is 2. The first-order valence-corrected chi connectivity index (χ1v) is 8.86. The number of carbonyl (C=O) groups excluding carboxylic acids is 2. The molecule has 0 unspecified atom stereocenters. The molecule has 1 heterocycles. The average molecular weight is 373 g/mol. The maximum absolute atomic E-state index is 12.6. The monoisotopic (exact) mass is 373 g/mol. The molecule has 0 saturated carbocycles. The van der Waals surface area contributed by atoms with Crippen LogP contribution < -0.4 is 20.7 Å². The first-order valence-electron chi connectivity index (χ1n) is 8.86. The van der Waals surface area contributed by atoms with E-state index in [9.17, 15) is 9.59 Å². The van der Waals surface area contributed by atoms with Crippen LogP contribution >= 0.6 is 0 Å². The predicted octanol–water partition coefficient (Wildman–Crippen LogP) is 5.31. The van der Waals surface area contributed by atoms with Gasteiger partial charge in [-0.3, -0.25) is 4.79 Å². The van der Waals surface area contributed by atoms with Crippen LogP contribution in [0.2, 0.25) is 0 Å². The number of rotatable bonds is 2. The third kappa shape index (κ3) is 3.66. The molecule has 6 heteroatoms. The SMILES string of the molecule is Cc1ccc(NC(=O)Nc2ccc3c(c2)C(=O)Nc2cc(C)ccc2O3)cc1. The normalized spacial score (nSPS) is 12.0. The number of benzene rings is 3. The van der Waals surface area contributed by atoms with E-state index in [1.807, 2.05) is 56.3 Å². The fourth-order valence-corrected chi connectivity index (χ4v) is 2.94. The van der Waals surface area contributed by atoms with Crippen molar-refractivity contribution in [3.05, 3.63) is 77.4 Å². The smallest absolute Gasteiger partial charge is 0.323 e. The largest absolute Gasteiger partial charge is 0.454 e. The van der Waals surface area contributed by atoms with Crippen LogP contribution in [-0.4, -0.2) is 11.9 Å². The van der Waals surface area contributed by atoms with Gasteiger partial charge in [-0.1, -0.05) is 23.8 Å². The highest BCUT2D eigenvalue weighted by Gasteiger charge is 2.21. The molecule has 0 bridgehead atoms. The second-order valence-corrected chi connectivity index (χ2v) is 6.71. The summed E-state index contributed by atoms with van der Waals surface area (Å²) in [6, 6.07) is 17.6. The fourth-order valence-electron chi connectivity index (χ4n) is 2.94. The van der Waals surface area contributed by atoms with Gasteiger partial charge in [-0.25, -0.2) is 4.79 Å². The van der Waals surface area contributed by atoms with Crippen molar-refractivity contribution in [3.63, 3.8) is 0 Å². The highest BCUT2D eigenvalue weighted by atomic mass is 16.5. The van der Waals surface area contributed by atoms with Gasteiger partial charge in [0.2, 0.25) is 0 Å². The number of urea groups is 1. The van der Waals surface area contributed by atoms with E-state index in [-0.39, 0.29) is 5.91 Å². The lowest BCUT2D eigenvalue weighted by Gasteiger charge is -2.11. The summed E-state index contributed by atoms with van der Waals surface area (Å²) in [7, 11) is 0. The van der Waals surface area contributed by atoms with Crippen LogP contribution in [0.5, 0.6) is 11.5 Å². The fraction of sp³-hybridized carbons (Fsp3) is 0.0909. The number of nitrogens with one attached hydrogen (secondary N) is 3. The van der Waals surface area contributed by atoms with E-state index < -0.39 is 6.03 Å². The Bertz CT molecular complexity index is 1070. The standard InChI is InChI=1S/C22H19N3O3/c1-13-3-6-15(7-4-13)23-22(27)24-16-8-10-19-17(12-16)21(26)25-18-11-14(2)5-9-20(18)28-19/h3-12H,1-2H3,(H,25,26)(H2,23,24,27). The van der Waals surface area contributed by atoms with E-state index in [2.05, 4.69) is 16.0 Å². The summed E-state index contributed by atoms with van der Waals surface area (Å²) in [4.78, 5) is 24.9. The van der Waals surface area contributed by atoms with E-state index in [1.54, 1.807) is 18.2 Å². The number of hydrogen-bond donors (Lipinski definition) is 3. The second kappa shape index (κ2) is 7.08. The highest BCUT2D eigenvalue weighted by molar-refractivity contribution is 6.09. The van der Waals surface area contributed by atoms with Crippen molar-refractivity contribution < 1.29 is 14.3 Å². The van der Waals surface area contributed by atoms with E-state index in [1.165, 1.54) is 0 Å². The van der Waals surface area contributed by atoms with Gasteiger partial charge in [0, 0.05) is 11.4 Å². The predicted molar refractivity (Wildman–Crippen MR) is 109 cm³/mol. The Morgan fingerprint density at radius 3 is 2.25 bits per heavy atom. The number of aryl methyl sites for hydroxylation is 2. The van der Waals surface area contributed by atoms with Crippen LogP contribution in [0.15, 0.2) is 60.7 Å². The molecule has 0 saturated heterocycles. The van der Waals surface area contributed by atoms with Crippen molar-refractivity contribution in [3.8, 4) is 11.5 Å². The molecule has 3 amide bonds. The van der Waals surface area contributed by atoms with E-state index in [0.29, 0.717) is 34.1 Å². The Morgan fingerprint density at radius 2 is 1.46 bits per heavy atom. The van der Waals surface area contributed by atoms with Crippen LogP contribution in [0.1, 0.15) is 21.5 Å². The van der Waals surface area contributed by atoms with E-state index >= 15 is 0 Å². The first kappa shape index (κ1) is 17.6. The Balaban J connectivity index is 1.53. The van der Waals surface area contributed by atoms with Crippen molar-refractivity contribution in [1.29, 1.82) is 0 Å². The Labute approximate surface area is 162 Å². The van der Waals surface area contributed by atoms with Gasteiger partial charge >= 0.3 is 6.03 Å². The number of anilines is 3. The van der Waals surface area contributed by atoms with Gasteiger partial charge in [0.05, 0.1) is 11.3 Å². The maximum atomic E-state index is 12.6. The third-order valence-electron chi connectivity index (χ3n) is 4.39. The Hall–Kier alpha value is -3.80. The molecule has 0 radical (unpaired) electrons. The number of ether oxygens (including phenoxy) is 1. The molecule has 6 nitrogen and oxygen atoms in total. The lowest BCUT2D eigenvalue weighted by Crippen LogP contribution is -2.20. The molecule has 3 aromatic carbocycles. The third-order valence-corrected chi connectivity index (χ3v) is 4.39. The molecule has 0 aromatic heterocycles. The molecule has 3 aromatic rings. The molecule has 1 aliphatic heterocycles. The Kier molecular flexibility index (Phi) is 4.45. The van der Waals surface area contributed by atoms with Crippen LogP contribution in [0, 0.1) is 13.8 Å². The average Bonchev–Trinajstić information content (AvgIpc) is 2.79. The number of fused-ring (bicyclic) bond motifs is 2. The van der Waals surface area contributed by atoms with Gasteiger partial charge in [-0.15, -0.1) is 0 Å². The zero-order chi connectivity index (χ0) is 19.7. The zero-order valence-corrected chi connectivity index (χ0v) is 15.5. The summed E-state index contributed by atoms with van der Waals surface area (Å²) in [6.07, 6.45) is 0. The minimum Gasteiger partial charge on any atom is -0.454 e. The van der Waals surface area contributed by atoms with Gasteiger partial charge < -0.3 is 20.7 Å². The molecule has 1 aliphatic rings. The molecule has 0 atom stereocenters. The molecule has 140 valence electrons. The summed E-state index contributed by atoms with van der Waals surface area (Å²) in [5.41, 5.74) is 4.27. The first-order chi connectivity index (χ1) is 13.5. The quantitative estimate of drug-likeness (QED) is 0.570. The number of hydrogen-bond acceptors (Lipinski definition) is 3. The lowest BCUT2D eigenvalue weighted by atomic mass is 10.1. The molecule has 4 rings (SSSR count). The van der Waals surface area contributed by atoms with Gasteiger partial charge in [0.25, 0.3) is 5.91 Å². The van der Waals surface area contributed by atoms with Gasteiger partial charge in [0.1, 0.15) is 5.75 Å². The van der Waals surface area contributed by atoms with Crippen LogP contribution in [-0.2, 0) is 0 Å². The number of amides is 3. The van der Waals surface area contributed by atoms with Crippen molar-refractivity contribution in [2.45, 2.75) is 13.8 Å². The van der Waals surface area contributed by atoms with Gasteiger partial charge in [0.15, 0.2) is 5.75 Å². The molecule has 0 spiro atoms. The van der Waals surface area contributed by atoms with E-state index in [4.69, 9.17) is 4.74 Å². The summed E-state index contributed by atoms with van der Waals surface area (Å²) < 4.78 is 5.88. The minimum absolute atomic E-state index is 0.290.